The van der Waals surface area contributed by atoms with Gasteiger partial charge >= 0.3 is 22.0 Å². The average molecular weight is 306 g/mol. The molecule has 0 aromatic heterocycles. The lowest BCUT2D eigenvalue weighted by molar-refractivity contribution is -0.868. The van der Waals surface area contributed by atoms with Crippen molar-refractivity contribution >= 4 is 10.1 Å². The third-order valence-electron chi connectivity index (χ3n) is 1.44. The molecule has 0 N–H and O–H groups in total. The van der Waals surface area contributed by atoms with Gasteiger partial charge in [0.25, 0.3) is 0 Å². The molecule has 0 amide bonds. The zero-order chi connectivity index (χ0) is 15.4. The van der Waals surface area contributed by atoms with Crippen LogP contribution in [0, 0.1) is 0 Å². The molecule has 0 heterocycles. The van der Waals surface area contributed by atoms with E-state index in [1.807, 2.05) is 4.18 Å². The van der Waals surface area contributed by atoms with Crippen LogP contribution >= 0.6 is 0 Å². The highest BCUT2D eigenvalue weighted by Gasteiger charge is 2.53. The van der Waals surface area contributed by atoms with Gasteiger partial charge in [0.15, 0.2) is 0 Å². The molecule has 0 atom stereocenters. The van der Waals surface area contributed by atoms with Crippen LogP contribution in [0.25, 0.3) is 0 Å². The molecule has 0 radical (unpaired) electrons. The normalized spacial score (nSPS) is 13.9. The molecule has 0 bridgehead atoms. The summed E-state index contributed by atoms with van der Waals surface area (Å²) < 4.78 is 88.5. The summed E-state index contributed by atoms with van der Waals surface area (Å²) in [6.07, 6.45) is -5.87. The van der Waals surface area contributed by atoms with Crippen LogP contribution in [0.1, 0.15) is 6.92 Å². The van der Waals surface area contributed by atoms with Gasteiger partial charge in [-0.05, 0) is 6.92 Å². The van der Waals surface area contributed by atoms with Crippen molar-refractivity contribution in [3.05, 3.63) is 0 Å². The highest BCUT2D eigenvalue weighted by Crippen LogP contribution is 2.30. The molecule has 0 spiro atoms. The summed E-state index contributed by atoms with van der Waals surface area (Å²) in [7, 11) is -0.0388. The molecule has 0 saturated carbocycles. The van der Waals surface area contributed by atoms with Crippen LogP contribution in [-0.2, 0) is 14.3 Å². The number of nitrogens with zero attached hydrogens (tertiary/aromatic N) is 1. The largest absolute Gasteiger partial charge is 0.537 e. The lowest BCUT2D eigenvalue weighted by Crippen LogP contribution is -2.33. The first-order valence-corrected chi connectivity index (χ1v) is 5.82. The van der Waals surface area contributed by atoms with Crippen molar-refractivity contribution in [3.8, 4) is 0 Å². The van der Waals surface area contributed by atoms with Gasteiger partial charge in [0, 0.05) is 0 Å². The monoisotopic (exact) mass is 306 g/mol. The number of rotatable bonds is 2. The van der Waals surface area contributed by atoms with Crippen LogP contribution in [0.2, 0.25) is 0 Å². The zero-order valence-corrected chi connectivity index (χ0v) is 10.9. The van der Waals surface area contributed by atoms with Crippen LogP contribution in [0.15, 0.2) is 0 Å². The number of hydrogen-bond acceptors (Lipinski definition) is 3. The molecule has 0 aromatic rings. The summed E-state index contributed by atoms with van der Waals surface area (Å²) in [5, 5.41) is 0. The molecule has 0 aromatic carbocycles. The van der Waals surface area contributed by atoms with Crippen molar-refractivity contribution in [1.82, 2.24) is 0 Å². The molecule has 18 heavy (non-hydrogen) atoms. The molecular weight excluding hydrogens is 292 g/mol. The quantitative estimate of drug-likeness (QED) is 0.339. The second kappa shape index (κ2) is 6.06. The predicted octanol–water partition coefficient (Wildman–Crippen LogP) is 2.08. The Balaban J connectivity index is 0. The van der Waals surface area contributed by atoms with Crippen molar-refractivity contribution in [2.75, 3.05) is 27.7 Å². The summed E-state index contributed by atoms with van der Waals surface area (Å²) >= 11 is 0. The summed E-state index contributed by atoms with van der Waals surface area (Å²) in [6, 6.07) is 0. The van der Waals surface area contributed by atoms with E-state index in [0.29, 0.717) is 0 Å². The minimum atomic E-state index is -6.58. The second-order valence-corrected chi connectivity index (χ2v) is 5.57. The first-order chi connectivity index (χ1) is 7.52. The maximum atomic E-state index is 11.2. The van der Waals surface area contributed by atoms with Crippen molar-refractivity contribution in [1.29, 1.82) is 0 Å². The van der Waals surface area contributed by atoms with E-state index >= 15 is 0 Å². The van der Waals surface area contributed by atoms with Crippen molar-refractivity contribution in [3.63, 3.8) is 0 Å². The Bertz CT molecular complexity index is 340. The van der Waals surface area contributed by atoms with Gasteiger partial charge in [0.2, 0.25) is 0 Å². The van der Waals surface area contributed by atoms with E-state index in [-0.39, 0.29) is 0 Å². The zero-order valence-electron chi connectivity index (χ0n) is 10.1. The predicted molar refractivity (Wildman–Crippen MR) is 50.7 cm³/mol. The molecule has 0 fully saturated rings. The lowest BCUT2D eigenvalue weighted by atomic mass is 10.6. The molecule has 0 aliphatic rings. The van der Waals surface area contributed by atoms with Crippen LogP contribution in [-0.4, -0.2) is 52.5 Å². The molecule has 0 saturated heterocycles. The van der Waals surface area contributed by atoms with Crippen molar-refractivity contribution in [2.45, 2.75) is 18.8 Å². The molecule has 0 aliphatic heterocycles. The Morgan fingerprint density at radius 1 is 1.00 bits per heavy atom. The van der Waals surface area contributed by atoms with E-state index < -0.39 is 22.0 Å². The van der Waals surface area contributed by atoms with Gasteiger partial charge in [-0.3, -0.25) is 0 Å². The summed E-state index contributed by atoms with van der Waals surface area (Å²) in [5.74, 6) is 0. The van der Waals surface area contributed by atoms with Gasteiger partial charge in [0.1, 0.15) is 0 Å². The minimum absolute atomic E-state index is 1.07. The smallest absolute Gasteiger partial charge is 0.331 e. The van der Waals surface area contributed by atoms with Gasteiger partial charge in [-0.15, -0.1) is 13.2 Å². The van der Waals surface area contributed by atoms with Crippen molar-refractivity contribution < 1.29 is 43.4 Å². The van der Waals surface area contributed by atoms with E-state index in [4.69, 9.17) is 0 Å². The third-order valence-corrected chi connectivity index (χ3v) is 2.41. The molecule has 112 valence electrons. The fourth-order valence-electron chi connectivity index (χ4n) is 0.172. The van der Waals surface area contributed by atoms with Gasteiger partial charge < -0.3 is 4.48 Å². The Morgan fingerprint density at radius 2 is 1.28 bits per heavy atom. The van der Waals surface area contributed by atoms with Gasteiger partial charge in [0.05, 0.1) is 27.7 Å². The Morgan fingerprint density at radius 3 is 1.33 bits per heavy atom. The minimum Gasteiger partial charge on any atom is -0.331 e. The van der Waals surface area contributed by atoms with E-state index in [0.717, 1.165) is 4.48 Å². The van der Waals surface area contributed by atoms with E-state index in [2.05, 4.69) is 28.1 Å². The van der Waals surface area contributed by atoms with Gasteiger partial charge in [-0.1, -0.05) is 0 Å². The average Bonchev–Trinajstić information content (AvgIpc) is 1.97. The lowest BCUT2D eigenvalue weighted by Gasteiger charge is -2.20. The standard InChI is InChI=1S/C5H14N.C2F6O3S/c1-5-6(2,3)4;3-1(4,5)11-12(9,10)2(6,7)8/h5H2,1-4H3;/q+1;. The summed E-state index contributed by atoms with van der Waals surface area (Å²) in [5.41, 5.74) is -6.07. The maximum absolute atomic E-state index is 11.2. The molecule has 0 aliphatic carbocycles. The van der Waals surface area contributed by atoms with E-state index in [9.17, 15) is 34.8 Å². The first kappa shape index (κ1) is 19.8. The van der Waals surface area contributed by atoms with Crippen LogP contribution in [0.4, 0.5) is 26.3 Å². The topological polar surface area (TPSA) is 43.4 Å². The second-order valence-electron chi connectivity index (χ2n) is 4.04. The fraction of sp³-hybridized carbons (Fsp3) is 1.00. The number of alkyl halides is 6. The highest BCUT2D eigenvalue weighted by atomic mass is 32.2. The summed E-state index contributed by atoms with van der Waals surface area (Å²) in [6.45, 7) is 3.39. The Hall–Kier alpha value is -0.550. The Kier molecular flexibility index (Phi) is 6.66. The van der Waals surface area contributed by atoms with E-state index in [1.54, 1.807) is 0 Å². The van der Waals surface area contributed by atoms with Crippen LogP contribution in [0.3, 0.4) is 0 Å². The highest BCUT2D eigenvalue weighted by molar-refractivity contribution is 7.87. The van der Waals surface area contributed by atoms with Gasteiger partial charge in [-0.25, -0.2) is 0 Å². The van der Waals surface area contributed by atoms with Crippen LogP contribution < -0.4 is 0 Å². The SMILES string of the molecule is CC[N+](C)(C)C.O=S(=O)(OC(F)(F)F)C(F)(F)F. The third kappa shape index (κ3) is 10.6. The number of halogens is 6. The van der Waals surface area contributed by atoms with Gasteiger partial charge in [-0.2, -0.15) is 25.8 Å². The number of quaternary nitrogens is 1. The molecule has 0 rings (SSSR count). The van der Waals surface area contributed by atoms with Crippen molar-refractivity contribution in [2.24, 2.45) is 0 Å². The molecule has 4 nitrogen and oxygen atoms in total. The maximum Gasteiger partial charge on any atom is 0.537 e. The number of hydrogen-bond donors (Lipinski definition) is 0. The first-order valence-electron chi connectivity index (χ1n) is 4.41. The molecule has 0 unspecified atom stereocenters. The van der Waals surface area contributed by atoms with E-state index in [1.165, 1.54) is 6.54 Å². The molecular formula is C7H14F6NO3S+. The fourth-order valence-corrected chi connectivity index (χ4v) is 0.515. The van der Waals surface area contributed by atoms with Crippen LogP contribution in [0.5, 0.6) is 0 Å². The Labute approximate surface area is 101 Å². The molecule has 11 heteroatoms. The summed E-state index contributed by atoms with van der Waals surface area (Å²) in [4.78, 5) is 0.